The molecule has 0 spiro atoms. The van der Waals surface area contributed by atoms with Crippen LogP contribution in [0.4, 0.5) is 0 Å². The Balaban J connectivity index is 2.09. The van der Waals surface area contributed by atoms with E-state index in [0.717, 1.165) is 18.4 Å². The highest BCUT2D eigenvalue weighted by Gasteiger charge is 2.26. The van der Waals surface area contributed by atoms with Gasteiger partial charge in [0.05, 0.1) is 7.11 Å². The maximum atomic E-state index is 11.3. The van der Waals surface area contributed by atoms with E-state index in [2.05, 4.69) is 10.1 Å². The van der Waals surface area contributed by atoms with Crippen molar-refractivity contribution in [2.45, 2.75) is 31.8 Å². The third kappa shape index (κ3) is 2.42. The van der Waals surface area contributed by atoms with Gasteiger partial charge in [0, 0.05) is 6.04 Å². The number of carbonyl (C=O) groups excluding carboxylic acids is 1. The fraction of sp³-hybridized carbons (Fsp3) is 0.462. The number of aryl methyl sites for hydroxylation is 1. The Morgan fingerprint density at radius 2 is 2.35 bits per heavy atom. The summed E-state index contributed by atoms with van der Waals surface area (Å²) in [6, 6.07) is 5.24. The summed E-state index contributed by atoms with van der Waals surface area (Å²) in [6.45, 7) is 1.80. The average Bonchev–Trinajstić information content (AvgIpc) is 2.70. The van der Waals surface area contributed by atoms with Gasteiger partial charge in [-0.25, -0.2) is 0 Å². The third-order valence-electron chi connectivity index (χ3n) is 3.21. The summed E-state index contributed by atoms with van der Waals surface area (Å²) in [6.07, 6.45) is 1.87. The summed E-state index contributed by atoms with van der Waals surface area (Å²) in [5.74, 6) is 0.0441. The van der Waals surface area contributed by atoms with Crippen molar-refractivity contribution in [1.29, 1.82) is 0 Å². The van der Waals surface area contributed by atoms with E-state index in [9.17, 15) is 9.90 Å². The Bertz CT molecular complexity index is 431. The Labute approximate surface area is 101 Å². The standard InChI is InChI=1S/C13H17NO3/c1-8(13(16)17-2)14-12-6-3-9-7-10(15)4-5-11(9)12/h4-5,7-8,12,14-15H,3,6H2,1-2H3/t8-,12?/m0/s1. The molecular formula is C13H17NO3. The van der Waals surface area contributed by atoms with Gasteiger partial charge in [-0.15, -0.1) is 0 Å². The smallest absolute Gasteiger partial charge is 0.322 e. The quantitative estimate of drug-likeness (QED) is 0.780. The minimum atomic E-state index is -0.315. The van der Waals surface area contributed by atoms with Crippen molar-refractivity contribution >= 4 is 5.97 Å². The number of aromatic hydroxyl groups is 1. The number of hydrogen-bond donors (Lipinski definition) is 2. The van der Waals surface area contributed by atoms with Crippen LogP contribution in [0.3, 0.4) is 0 Å². The van der Waals surface area contributed by atoms with Crippen molar-refractivity contribution in [3.63, 3.8) is 0 Å². The number of rotatable bonds is 3. The molecule has 4 heteroatoms. The van der Waals surface area contributed by atoms with Gasteiger partial charge < -0.3 is 9.84 Å². The molecule has 2 atom stereocenters. The van der Waals surface area contributed by atoms with Crippen LogP contribution < -0.4 is 5.32 Å². The van der Waals surface area contributed by atoms with Gasteiger partial charge in [-0.1, -0.05) is 6.07 Å². The zero-order chi connectivity index (χ0) is 12.4. The van der Waals surface area contributed by atoms with Crippen LogP contribution in [-0.4, -0.2) is 24.2 Å². The van der Waals surface area contributed by atoms with E-state index in [4.69, 9.17) is 0 Å². The SMILES string of the molecule is COC(=O)[C@H](C)NC1CCc2cc(O)ccc21. The fourth-order valence-corrected chi connectivity index (χ4v) is 2.32. The molecule has 1 aromatic rings. The van der Waals surface area contributed by atoms with E-state index in [1.807, 2.05) is 6.07 Å². The number of hydrogen-bond acceptors (Lipinski definition) is 4. The van der Waals surface area contributed by atoms with Crippen LogP contribution in [0.1, 0.15) is 30.5 Å². The molecule has 17 heavy (non-hydrogen) atoms. The molecule has 0 saturated carbocycles. The zero-order valence-corrected chi connectivity index (χ0v) is 10.1. The first-order chi connectivity index (χ1) is 8.11. The second-order valence-corrected chi connectivity index (χ2v) is 4.39. The molecule has 0 aromatic heterocycles. The summed E-state index contributed by atoms with van der Waals surface area (Å²) in [4.78, 5) is 11.3. The normalized spacial score (nSPS) is 19.8. The molecule has 0 heterocycles. The first kappa shape index (κ1) is 11.9. The highest BCUT2D eigenvalue weighted by Crippen LogP contribution is 2.33. The largest absolute Gasteiger partial charge is 0.508 e. The van der Waals surface area contributed by atoms with Crippen LogP contribution in [0.5, 0.6) is 5.75 Å². The molecule has 2 N–H and O–H groups in total. The topological polar surface area (TPSA) is 58.6 Å². The Morgan fingerprint density at radius 1 is 1.59 bits per heavy atom. The third-order valence-corrected chi connectivity index (χ3v) is 3.21. The monoisotopic (exact) mass is 235 g/mol. The molecule has 4 nitrogen and oxygen atoms in total. The van der Waals surface area contributed by atoms with Gasteiger partial charge in [-0.05, 0) is 43.0 Å². The average molecular weight is 235 g/mol. The zero-order valence-electron chi connectivity index (χ0n) is 10.1. The van der Waals surface area contributed by atoms with Crippen molar-refractivity contribution < 1.29 is 14.6 Å². The molecule has 2 rings (SSSR count). The number of phenols is 1. The van der Waals surface area contributed by atoms with E-state index >= 15 is 0 Å². The maximum absolute atomic E-state index is 11.3. The van der Waals surface area contributed by atoms with E-state index < -0.39 is 0 Å². The number of nitrogens with one attached hydrogen (secondary N) is 1. The summed E-state index contributed by atoms with van der Waals surface area (Å²) in [5.41, 5.74) is 2.32. The van der Waals surface area contributed by atoms with Gasteiger partial charge in [0.25, 0.3) is 0 Å². The Kier molecular flexibility index (Phi) is 3.33. The number of phenolic OH excluding ortho intramolecular Hbond substituents is 1. The lowest BCUT2D eigenvalue weighted by Gasteiger charge is -2.18. The van der Waals surface area contributed by atoms with Crippen LogP contribution in [-0.2, 0) is 16.0 Å². The maximum Gasteiger partial charge on any atom is 0.322 e. The van der Waals surface area contributed by atoms with Gasteiger partial charge in [0.15, 0.2) is 0 Å². The second-order valence-electron chi connectivity index (χ2n) is 4.39. The van der Waals surface area contributed by atoms with Gasteiger partial charge in [0.1, 0.15) is 11.8 Å². The number of esters is 1. The predicted molar refractivity (Wildman–Crippen MR) is 63.8 cm³/mol. The van der Waals surface area contributed by atoms with Crippen molar-refractivity contribution in [2.24, 2.45) is 0 Å². The van der Waals surface area contributed by atoms with E-state index in [1.165, 1.54) is 12.7 Å². The summed E-state index contributed by atoms with van der Waals surface area (Å²) >= 11 is 0. The first-order valence-corrected chi connectivity index (χ1v) is 5.77. The van der Waals surface area contributed by atoms with Crippen LogP contribution >= 0.6 is 0 Å². The second kappa shape index (κ2) is 4.75. The van der Waals surface area contributed by atoms with Gasteiger partial charge in [-0.2, -0.15) is 0 Å². The summed E-state index contributed by atoms with van der Waals surface area (Å²) in [7, 11) is 1.39. The lowest BCUT2D eigenvalue weighted by atomic mass is 10.1. The Hall–Kier alpha value is -1.55. The number of fused-ring (bicyclic) bond motifs is 1. The molecule has 0 fully saturated rings. The molecule has 1 aliphatic rings. The molecule has 0 bridgehead atoms. The summed E-state index contributed by atoms with van der Waals surface area (Å²) < 4.78 is 4.69. The molecular weight excluding hydrogens is 218 g/mol. The molecule has 1 unspecified atom stereocenters. The number of ether oxygens (including phenoxy) is 1. The molecule has 0 radical (unpaired) electrons. The van der Waals surface area contributed by atoms with E-state index in [0.29, 0.717) is 5.75 Å². The molecule has 0 amide bonds. The molecule has 0 aliphatic heterocycles. The van der Waals surface area contributed by atoms with Crippen LogP contribution in [0.15, 0.2) is 18.2 Å². The predicted octanol–water partition coefficient (Wildman–Crippen LogP) is 1.53. The van der Waals surface area contributed by atoms with Gasteiger partial charge in [-0.3, -0.25) is 10.1 Å². The minimum Gasteiger partial charge on any atom is -0.508 e. The Morgan fingerprint density at radius 3 is 3.06 bits per heavy atom. The minimum absolute atomic E-state index is 0.166. The molecule has 1 aliphatic carbocycles. The van der Waals surface area contributed by atoms with Crippen molar-refractivity contribution in [2.75, 3.05) is 7.11 Å². The van der Waals surface area contributed by atoms with Crippen molar-refractivity contribution in [1.82, 2.24) is 5.32 Å². The van der Waals surface area contributed by atoms with Crippen LogP contribution in [0.2, 0.25) is 0 Å². The van der Waals surface area contributed by atoms with Gasteiger partial charge >= 0.3 is 5.97 Å². The van der Waals surface area contributed by atoms with Crippen molar-refractivity contribution in [3.05, 3.63) is 29.3 Å². The van der Waals surface area contributed by atoms with E-state index in [-0.39, 0.29) is 18.1 Å². The van der Waals surface area contributed by atoms with Gasteiger partial charge in [0.2, 0.25) is 0 Å². The lowest BCUT2D eigenvalue weighted by molar-refractivity contribution is -0.142. The van der Waals surface area contributed by atoms with Crippen LogP contribution in [0.25, 0.3) is 0 Å². The highest BCUT2D eigenvalue weighted by atomic mass is 16.5. The van der Waals surface area contributed by atoms with Crippen LogP contribution in [0, 0.1) is 0 Å². The number of methoxy groups -OCH3 is 1. The number of benzene rings is 1. The highest BCUT2D eigenvalue weighted by molar-refractivity contribution is 5.75. The summed E-state index contributed by atoms with van der Waals surface area (Å²) in [5, 5.41) is 12.6. The molecule has 92 valence electrons. The molecule has 1 aromatic carbocycles. The van der Waals surface area contributed by atoms with Crippen molar-refractivity contribution in [3.8, 4) is 5.75 Å². The fourth-order valence-electron chi connectivity index (χ4n) is 2.32. The number of carbonyl (C=O) groups is 1. The first-order valence-electron chi connectivity index (χ1n) is 5.77. The molecule has 0 saturated heterocycles. The lowest BCUT2D eigenvalue weighted by Crippen LogP contribution is -2.36. The van der Waals surface area contributed by atoms with E-state index in [1.54, 1.807) is 19.1 Å².